The Morgan fingerprint density at radius 3 is 1.60 bits per heavy atom. The van der Waals surface area contributed by atoms with Crippen molar-refractivity contribution in [1.82, 2.24) is 0 Å². The molecule has 1 rings (SSSR count). The van der Waals surface area contributed by atoms with Gasteiger partial charge >= 0.3 is 0 Å². The zero-order valence-electron chi connectivity index (χ0n) is 13.7. The van der Waals surface area contributed by atoms with Crippen molar-refractivity contribution in [3.8, 4) is 0 Å². The van der Waals surface area contributed by atoms with Crippen molar-refractivity contribution in [2.45, 2.75) is 109 Å². The van der Waals surface area contributed by atoms with Gasteiger partial charge in [-0.1, -0.05) is 77.6 Å². The van der Waals surface area contributed by atoms with Gasteiger partial charge in [-0.2, -0.15) is 0 Å². The van der Waals surface area contributed by atoms with E-state index >= 15 is 0 Å². The maximum Gasteiger partial charge on any atom is 0.0841 e. The number of rotatable bonds is 15. The van der Waals surface area contributed by atoms with Gasteiger partial charge in [0.15, 0.2) is 0 Å². The number of epoxide rings is 1. The Morgan fingerprint density at radius 1 is 0.650 bits per heavy atom. The summed E-state index contributed by atoms with van der Waals surface area (Å²) in [6.07, 6.45) is 20.3. The lowest BCUT2D eigenvalue weighted by Crippen LogP contribution is -1.97. The van der Waals surface area contributed by atoms with Gasteiger partial charge in [0.2, 0.25) is 0 Å². The van der Waals surface area contributed by atoms with Crippen LogP contribution in [0.3, 0.4) is 0 Å². The van der Waals surface area contributed by atoms with Crippen molar-refractivity contribution >= 4 is 0 Å². The molecule has 0 radical (unpaired) electrons. The minimum absolute atomic E-state index is 0.620. The van der Waals surface area contributed by atoms with E-state index in [0.717, 1.165) is 6.54 Å². The fraction of sp³-hybridized carbons (Fsp3) is 1.00. The molecule has 0 spiro atoms. The molecule has 1 heterocycles. The predicted molar refractivity (Wildman–Crippen MR) is 88.0 cm³/mol. The van der Waals surface area contributed by atoms with Gasteiger partial charge in [0.05, 0.1) is 12.2 Å². The molecule has 120 valence electrons. The summed E-state index contributed by atoms with van der Waals surface area (Å²) in [6, 6.07) is 0. The summed E-state index contributed by atoms with van der Waals surface area (Å²) in [5.74, 6) is 0. The first kappa shape index (κ1) is 18.0. The van der Waals surface area contributed by atoms with Crippen LogP contribution in [0.5, 0.6) is 0 Å². The number of hydrogen-bond donors (Lipinski definition) is 1. The molecule has 0 aromatic carbocycles. The molecule has 1 saturated heterocycles. The molecular weight excluding hydrogens is 246 g/mol. The predicted octanol–water partition coefficient (Wildman–Crippen LogP) is 5.19. The Morgan fingerprint density at radius 2 is 1.10 bits per heavy atom. The van der Waals surface area contributed by atoms with E-state index in [-0.39, 0.29) is 0 Å². The van der Waals surface area contributed by atoms with Crippen LogP contribution in [0, 0.1) is 0 Å². The SMILES string of the molecule is CCCCCCCC[C@H]1O[C@H]1CCCCCCCCN. The van der Waals surface area contributed by atoms with Gasteiger partial charge in [0.1, 0.15) is 0 Å². The quantitative estimate of drug-likeness (QED) is 0.331. The molecule has 0 aromatic heterocycles. The van der Waals surface area contributed by atoms with Crippen LogP contribution in [-0.2, 0) is 4.74 Å². The van der Waals surface area contributed by atoms with Gasteiger partial charge in [0.25, 0.3) is 0 Å². The van der Waals surface area contributed by atoms with E-state index in [2.05, 4.69) is 6.92 Å². The van der Waals surface area contributed by atoms with E-state index in [9.17, 15) is 0 Å². The molecule has 1 aliphatic rings. The summed E-state index contributed by atoms with van der Waals surface area (Å²) in [5.41, 5.74) is 5.49. The smallest absolute Gasteiger partial charge is 0.0841 e. The van der Waals surface area contributed by atoms with Crippen LogP contribution in [0.1, 0.15) is 96.8 Å². The van der Waals surface area contributed by atoms with E-state index in [1.54, 1.807) is 0 Å². The van der Waals surface area contributed by atoms with Crippen molar-refractivity contribution in [2.24, 2.45) is 5.73 Å². The van der Waals surface area contributed by atoms with Crippen LogP contribution in [0.25, 0.3) is 0 Å². The molecule has 1 fully saturated rings. The van der Waals surface area contributed by atoms with Crippen molar-refractivity contribution in [3.05, 3.63) is 0 Å². The van der Waals surface area contributed by atoms with Gasteiger partial charge in [-0.15, -0.1) is 0 Å². The minimum Gasteiger partial charge on any atom is -0.370 e. The first-order chi connectivity index (χ1) is 9.88. The lowest BCUT2D eigenvalue weighted by Gasteiger charge is -2.00. The second kappa shape index (κ2) is 12.6. The highest BCUT2D eigenvalue weighted by molar-refractivity contribution is 4.84. The molecule has 0 saturated carbocycles. The van der Waals surface area contributed by atoms with Gasteiger partial charge in [0, 0.05) is 0 Å². The van der Waals surface area contributed by atoms with Crippen molar-refractivity contribution < 1.29 is 4.74 Å². The summed E-state index contributed by atoms with van der Waals surface area (Å²) in [7, 11) is 0. The Hall–Kier alpha value is -0.0800. The summed E-state index contributed by atoms with van der Waals surface area (Å²) >= 11 is 0. The fourth-order valence-electron chi connectivity index (χ4n) is 3.01. The van der Waals surface area contributed by atoms with E-state index in [1.165, 1.54) is 89.9 Å². The third-order valence-electron chi connectivity index (χ3n) is 4.47. The molecule has 2 nitrogen and oxygen atoms in total. The third-order valence-corrected chi connectivity index (χ3v) is 4.47. The van der Waals surface area contributed by atoms with E-state index < -0.39 is 0 Å². The molecule has 0 bridgehead atoms. The van der Waals surface area contributed by atoms with Gasteiger partial charge in [-0.3, -0.25) is 0 Å². The van der Waals surface area contributed by atoms with Gasteiger partial charge in [-0.25, -0.2) is 0 Å². The maximum absolute atomic E-state index is 5.77. The van der Waals surface area contributed by atoms with Crippen LogP contribution in [0.2, 0.25) is 0 Å². The summed E-state index contributed by atoms with van der Waals surface area (Å²) < 4.78 is 5.77. The average Bonchev–Trinajstić information content (AvgIpc) is 3.20. The van der Waals surface area contributed by atoms with Crippen molar-refractivity contribution in [2.75, 3.05) is 6.54 Å². The van der Waals surface area contributed by atoms with Gasteiger partial charge < -0.3 is 10.5 Å². The number of nitrogens with two attached hydrogens (primary N) is 1. The largest absolute Gasteiger partial charge is 0.370 e. The molecule has 2 atom stereocenters. The van der Waals surface area contributed by atoms with Crippen LogP contribution < -0.4 is 5.73 Å². The topological polar surface area (TPSA) is 38.5 Å². The van der Waals surface area contributed by atoms with Crippen LogP contribution in [0.4, 0.5) is 0 Å². The first-order valence-corrected chi connectivity index (χ1v) is 9.24. The fourth-order valence-corrected chi connectivity index (χ4v) is 3.01. The van der Waals surface area contributed by atoms with E-state index in [4.69, 9.17) is 10.5 Å². The highest BCUT2D eigenvalue weighted by Crippen LogP contribution is 2.31. The Balaban J connectivity index is 1.75. The third kappa shape index (κ3) is 9.77. The number of ether oxygens (including phenoxy) is 1. The summed E-state index contributed by atoms with van der Waals surface area (Å²) in [4.78, 5) is 0. The Labute approximate surface area is 126 Å². The molecule has 0 unspecified atom stereocenters. The Bertz CT molecular complexity index is 208. The van der Waals surface area contributed by atoms with Crippen LogP contribution in [0.15, 0.2) is 0 Å². The monoisotopic (exact) mass is 283 g/mol. The lowest BCUT2D eigenvalue weighted by atomic mass is 10.0. The maximum atomic E-state index is 5.77. The number of hydrogen-bond acceptors (Lipinski definition) is 2. The number of unbranched alkanes of at least 4 members (excludes halogenated alkanes) is 10. The van der Waals surface area contributed by atoms with Crippen LogP contribution >= 0.6 is 0 Å². The first-order valence-electron chi connectivity index (χ1n) is 9.24. The molecular formula is C18H37NO. The molecule has 1 aliphatic heterocycles. The summed E-state index contributed by atoms with van der Waals surface area (Å²) in [6.45, 7) is 3.14. The molecule has 2 heteroatoms. The zero-order valence-corrected chi connectivity index (χ0v) is 13.7. The van der Waals surface area contributed by atoms with E-state index in [1.807, 2.05) is 0 Å². The minimum atomic E-state index is 0.620. The van der Waals surface area contributed by atoms with Crippen molar-refractivity contribution in [1.29, 1.82) is 0 Å². The standard InChI is InChI=1S/C18H37NO/c1-2-3-4-5-8-11-14-17-18(20-17)15-12-9-6-7-10-13-16-19/h17-18H,2-16,19H2,1H3/t17-,18+/m1/s1. The molecule has 20 heavy (non-hydrogen) atoms. The average molecular weight is 283 g/mol. The molecule has 2 N–H and O–H groups in total. The van der Waals surface area contributed by atoms with E-state index in [0.29, 0.717) is 12.2 Å². The van der Waals surface area contributed by atoms with Crippen molar-refractivity contribution in [3.63, 3.8) is 0 Å². The summed E-state index contributed by atoms with van der Waals surface area (Å²) in [5, 5.41) is 0. The second-order valence-electron chi connectivity index (χ2n) is 6.47. The highest BCUT2D eigenvalue weighted by Gasteiger charge is 2.36. The molecule has 0 aromatic rings. The zero-order chi connectivity index (χ0) is 14.5. The normalized spacial score (nSPS) is 21.3. The highest BCUT2D eigenvalue weighted by atomic mass is 16.6. The lowest BCUT2D eigenvalue weighted by molar-refractivity contribution is 0.347. The second-order valence-corrected chi connectivity index (χ2v) is 6.47. The Kier molecular flexibility index (Phi) is 11.4. The van der Waals surface area contributed by atoms with Gasteiger partial charge in [-0.05, 0) is 25.8 Å². The molecule has 0 amide bonds. The molecule has 0 aliphatic carbocycles. The van der Waals surface area contributed by atoms with Crippen LogP contribution in [-0.4, -0.2) is 18.8 Å².